The van der Waals surface area contributed by atoms with E-state index in [2.05, 4.69) is 11.9 Å². The Morgan fingerprint density at radius 2 is 1.44 bits per heavy atom. The zero-order valence-corrected chi connectivity index (χ0v) is 44.1. The summed E-state index contributed by atoms with van der Waals surface area (Å²) in [5, 5.41) is 35.5. The molecule has 3 aliphatic carbocycles. The number of aliphatic carboxylic acids is 2. The largest absolute Gasteiger partial charge is 0.509 e. The van der Waals surface area contributed by atoms with Crippen LogP contribution in [0.3, 0.4) is 0 Å². The van der Waals surface area contributed by atoms with Crippen molar-refractivity contribution >= 4 is 59.8 Å². The fourth-order valence-corrected chi connectivity index (χ4v) is 11.2. The molecule has 2 bridgehead atoms. The first kappa shape index (κ1) is 59.6. The maximum atomic E-state index is 16.4. The van der Waals surface area contributed by atoms with Gasteiger partial charge in [0, 0.05) is 50.9 Å². The molecule has 4 aliphatic rings. The summed E-state index contributed by atoms with van der Waals surface area (Å²) in [5.41, 5.74) is -9.08. The first-order chi connectivity index (χ1) is 36.9. The van der Waals surface area contributed by atoms with E-state index in [1.165, 1.54) is 77.1 Å². The predicted molar refractivity (Wildman–Crippen MR) is 266 cm³/mol. The Morgan fingerprint density at radius 3 is 1.99 bits per heavy atom. The number of fused-ring (bicyclic) bond motifs is 5. The quantitative estimate of drug-likeness (QED) is 0.0648. The summed E-state index contributed by atoms with van der Waals surface area (Å²) in [6.07, 6.45) is -15.8. The molecule has 1 heterocycles. The number of amides is 1. The highest BCUT2D eigenvalue weighted by atomic mass is 16.7. The number of carboxylic acids is 2. The van der Waals surface area contributed by atoms with Crippen molar-refractivity contribution in [3.05, 3.63) is 95.6 Å². The third-order valence-corrected chi connectivity index (χ3v) is 15.0. The summed E-state index contributed by atoms with van der Waals surface area (Å²) in [6, 6.07) is 13.7. The molecule has 23 nitrogen and oxygen atoms in total. The highest BCUT2D eigenvalue weighted by molar-refractivity contribution is 5.96. The fourth-order valence-electron chi connectivity index (χ4n) is 11.2. The number of nitrogens with one attached hydrogen (secondary N) is 1. The van der Waals surface area contributed by atoms with Crippen molar-refractivity contribution in [2.75, 3.05) is 19.8 Å². The van der Waals surface area contributed by atoms with Gasteiger partial charge in [-0.3, -0.25) is 28.8 Å². The van der Waals surface area contributed by atoms with Gasteiger partial charge in [0.2, 0.25) is 6.10 Å². The first-order valence-corrected chi connectivity index (χ1v) is 25.4. The minimum atomic E-state index is -2.67. The van der Waals surface area contributed by atoms with Crippen molar-refractivity contribution < 1.29 is 106 Å². The zero-order valence-electron chi connectivity index (χ0n) is 44.1. The lowest BCUT2D eigenvalue weighted by Gasteiger charge is -2.67. The van der Waals surface area contributed by atoms with Crippen LogP contribution in [-0.2, 0) is 76.2 Å². The van der Waals surface area contributed by atoms with Gasteiger partial charge in [-0.1, -0.05) is 75.0 Å². The molecule has 2 unspecified atom stereocenters. The van der Waals surface area contributed by atoms with Gasteiger partial charge in [0.1, 0.15) is 42.7 Å². The highest BCUT2D eigenvalue weighted by Gasteiger charge is 2.79. The molecular weight excluding hydrogens is 1030 g/mol. The second-order valence-corrected chi connectivity index (χ2v) is 20.2. The number of rotatable bonds is 22. The van der Waals surface area contributed by atoms with E-state index in [9.17, 15) is 53.7 Å². The standard InChI is InChI=1S/C55H65NO22/c1-8-26-71-51(68)76-44(42(56-50(67)70-9-2)32-18-12-10-13-19-32)49(66)73-34-28-55(69)47(77-48(65)33-20-14-11-15-21-33)45-53(7,46(64)43(41(30(34)3)52(55,5)6)75-40(63)25-17-23-38(60)61)35(74-39(62)24-16-22-37(58)59)27-36-54(45,29-72-36)78-31(4)57/h8,10-15,18-21,34-36,42-45,47,69H,1,9,16-17,22-29H2,2-7H3,(H,56,67)(H,58,59)(H,60,61)/t34-,35?,36+,42?,43+,44+,45-,47-,53+,54-,55+/m0/s1. The lowest BCUT2D eigenvalue weighted by molar-refractivity contribution is -0.346. The van der Waals surface area contributed by atoms with Crippen LogP contribution in [0.1, 0.15) is 115 Å². The Labute approximate surface area is 448 Å². The van der Waals surface area contributed by atoms with E-state index >= 15 is 9.59 Å². The van der Waals surface area contributed by atoms with Crippen LogP contribution in [0, 0.1) is 16.7 Å². The fraction of sp³-hybridized carbons (Fsp3) is 0.527. The van der Waals surface area contributed by atoms with Crippen molar-refractivity contribution in [1.29, 1.82) is 0 Å². The minimum Gasteiger partial charge on any atom is -0.481 e. The maximum Gasteiger partial charge on any atom is 0.509 e. The van der Waals surface area contributed by atoms with Gasteiger partial charge in [-0.15, -0.1) is 0 Å². The van der Waals surface area contributed by atoms with Gasteiger partial charge in [0.25, 0.3) is 0 Å². The minimum absolute atomic E-state index is 0.0370. The smallest absolute Gasteiger partial charge is 0.481 e. The van der Waals surface area contributed by atoms with Crippen LogP contribution in [0.4, 0.5) is 9.59 Å². The summed E-state index contributed by atoms with van der Waals surface area (Å²) in [4.78, 5) is 137. The maximum absolute atomic E-state index is 16.4. The molecule has 1 amide bonds. The van der Waals surface area contributed by atoms with Gasteiger partial charge in [0.05, 0.1) is 30.1 Å². The third-order valence-electron chi connectivity index (χ3n) is 15.0. The molecule has 422 valence electrons. The van der Waals surface area contributed by atoms with E-state index in [1.54, 1.807) is 24.3 Å². The van der Waals surface area contributed by atoms with Crippen molar-refractivity contribution in [2.24, 2.45) is 16.7 Å². The van der Waals surface area contributed by atoms with Crippen LogP contribution in [0.5, 0.6) is 0 Å². The number of alkyl carbamates (subject to hydrolysis) is 1. The zero-order chi connectivity index (χ0) is 57.3. The molecule has 3 fully saturated rings. The predicted octanol–water partition coefficient (Wildman–Crippen LogP) is 5.44. The summed E-state index contributed by atoms with van der Waals surface area (Å²) >= 11 is 0. The third kappa shape index (κ3) is 12.4. The highest BCUT2D eigenvalue weighted by Crippen LogP contribution is 2.65. The van der Waals surface area contributed by atoms with Crippen LogP contribution < -0.4 is 5.32 Å². The summed E-state index contributed by atoms with van der Waals surface area (Å²) in [5.74, 6) is -10.8. The van der Waals surface area contributed by atoms with E-state index in [4.69, 9.17) is 42.6 Å². The Bertz CT molecular complexity index is 2670. The number of benzene rings is 2. The van der Waals surface area contributed by atoms with E-state index in [0.29, 0.717) is 0 Å². The molecule has 4 N–H and O–H groups in total. The topological polar surface area (TPSA) is 326 Å². The number of carbonyl (C=O) groups is 10. The lowest BCUT2D eigenvalue weighted by atomic mass is 9.44. The molecule has 2 aromatic carbocycles. The van der Waals surface area contributed by atoms with E-state index in [-0.39, 0.29) is 54.7 Å². The molecule has 6 rings (SSSR count). The van der Waals surface area contributed by atoms with Gasteiger partial charge in [-0.25, -0.2) is 19.2 Å². The molecule has 78 heavy (non-hydrogen) atoms. The average molecular weight is 1090 g/mol. The summed E-state index contributed by atoms with van der Waals surface area (Å²) in [6.45, 7) is 10.7. The molecule has 11 atom stereocenters. The molecule has 2 saturated carbocycles. The number of ketones is 1. The second-order valence-electron chi connectivity index (χ2n) is 20.2. The molecule has 0 spiro atoms. The molecule has 2 aromatic rings. The molecule has 1 aliphatic heterocycles. The van der Waals surface area contributed by atoms with Gasteiger partial charge < -0.3 is 63.3 Å². The van der Waals surface area contributed by atoms with Crippen LogP contribution in [0.2, 0.25) is 0 Å². The Morgan fingerprint density at radius 1 is 0.833 bits per heavy atom. The van der Waals surface area contributed by atoms with Crippen molar-refractivity contribution in [3.8, 4) is 0 Å². The van der Waals surface area contributed by atoms with E-state index < -0.39 is 169 Å². The van der Waals surface area contributed by atoms with Gasteiger partial charge >= 0.3 is 54.0 Å². The number of carboxylic acid groups (broad SMARTS) is 2. The SMILES string of the molecule is C=CCOC(=O)O[C@@H](C(=O)O[C@H]1C[C@@]2(O)[C@@H](OC(=O)c3ccccc3)[C@@H]3[C@]4(OC(C)=O)CO[C@@H]4CC(OC(=O)CCCC(=O)O)[C@@]3(C)C(=O)[C@H](OC(=O)CCCC(=O)O)C(=C1C)C2(C)C)C(NC(=O)OCC)c1ccccc1. The monoisotopic (exact) mass is 1090 g/mol. The van der Waals surface area contributed by atoms with Crippen LogP contribution in [-0.4, -0.2) is 143 Å². The molecular formula is C55H65NO22. The number of ether oxygens (including phenoxy) is 9. The average Bonchev–Trinajstić information content (AvgIpc) is 3.53. The van der Waals surface area contributed by atoms with Crippen molar-refractivity contribution in [3.63, 3.8) is 0 Å². The number of carbonyl (C=O) groups excluding carboxylic acids is 8. The normalized spacial score (nSPS) is 27.3. The number of hydrogen-bond acceptors (Lipinski definition) is 20. The first-order valence-electron chi connectivity index (χ1n) is 25.4. The Balaban J connectivity index is 1.64. The van der Waals surface area contributed by atoms with Crippen molar-refractivity contribution in [2.45, 2.75) is 147 Å². The molecule has 1 saturated heterocycles. The number of esters is 5. The van der Waals surface area contributed by atoms with E-state index in [1.807, 2.05) is 0 Å². The van der Waals surface area contributed by atoms with Gasteiger partial charge in [-0.2, -0.15) is 0 Å². The summed E-state index contributed by atoms with van der Waals surface area (Å²) in [7, 11) is 0. The Kier molecular flexibility index (Phi) is 18.9. The second kappa shape index (κ2) is 24.8. The summed E-state index contributed by atoms with van der Waals surface area (Å²) < 4.78 is 53.1. The van der Waals surface area contributed by atoms with Crippen LogP contribution >= 0.6 is 0 Å². The number of hydrogen-bond donors (Lipinski definition) is 4. The molecule has 23 heteroatoms. The van der Waals surface area contributed by atoms with E-state index in [0.717, 1.165) is 6.92 Å². The van der Waals surface area contributed by atoms with Gasteiger partial charge in [0.15, 0.2) is 17.5 Å². The molecule has 0 aromatic heterocycles. The number of Topliss-reactive ketones (excluding diaryl/α,β-unsaturated/α-hetero) is 1. The van der Waals surface area contributed by atoms with Gasteiger partial charge in [-0.05, 0) is 62.5 Å². The van der Waals surface area contributed by atoms with Crippen LogP contribution in [0.25, 0.3) is 0 Å². The van der Waals surface area contributed by atoms with Crippen molar-refractivity contribution in [1.82, 2.24) is 5.32 Å². The Hall–Kier alpha value is -7.66. The van der Waals surface area contributed by atoms with Crippen LogP contribution in [0.15, 0.2) is 84.5 Å². The number of aliphatic hydroxyl groups is 1. The molecule has 0 radical (unpaired) electrons. The lowest BCUT2D eigenvalue weighted by Crippen LogP contribution is -2.82.